The third-order valence-corrected chi connectivity index (χ3v) is 2.54. The normalized spacial score (nSPS) is 13.1. The minimum Gasteiger partial charge on any atom is -0.792 e. The SMILES string of the molecule is CCCC(C)COC.COCC(C)C[S-].[Li+]. The van der Waals surface area contributed by atoms with E-state index in [1.54, 1.807) is 14.2 Å². The minimum absolute atomic E-state index is 0. The van der Waals surface area contributed by atoms with Gasteiger partial charge in [0.05, 0.1) is 0 Å². The van der Waals surface area contributed by atoms with Crippen molar-refractivity contribution in [2.75, 3.05) is 33.2 Å². The predicted molar refractivity (Wildman–Crippen MR) is 69.2 cm³/mol. The average molecular weight is 242 g/mol. The molecular formula is C12H27LiO2S. The van der Waals surface area contributed by atoms with Crippen LogP contribution in [-0.4, -0.2) is 33.2 Å². The zero-order valence-electron chi connectivity index (χ0n) is 11.9. The van der Waals surface area contributed by atoms with E-state index >= 15 is 0 Å². The van der Waals surface area contributed by atoms with Crippen molar-refractivity contribution in [2.45, 2.75) is 33.6 Å². The predicted octanol–water partition coefficient (Wildman–Crippen LogP) is -0.111. The smallest absolute Gasteiger partial charge is 0.792 e. The van der Waals surface area contributed by atoms with Crippen molar-refractivity contribution < 1.29 is 28.3 Å². The largest absolute Gasteiger partial charge is 1.00 e. The molecule has 0 aromatic rings. The fourth-order valence-electron chi connectivity index (χ4n) is 1.19. The summed E-state index contributed by atoms with van der Waals surface area (Å²) >= 11 is 4.76. The van der Waals surface area contributed by atoms with E-state index in [0.29, 0.717) is 5.92 Å². The van der Waals surface area contributed by atoms with Gasteiger partial charge in [-0.05, 0) is 18.3 Å². The molecular weight excluding hydrogens is 215 g/mol. The molecule has 0 heterocycles. The van der Waals surface area contributed by atoms with Gasteiger partial charge in [0.1, 0.15) is 0 Å². The zero-order valence-corrected chi connectivity index (χ0v) is 12.7. The van der Waals surface area contributed by atoms with E-state index in [4.69, 9.17) is 22.1 Å². The Bertz CT molecular complexity index is 109. The van der Waals surface area contributed by atoms with Crippen LogP contribution >= 0.6 is 0 Å². The molecule has 0 rings (SSSR count). The van der Waals surface area contributed by atoms with Gasteiger partial charge in [-0.25, -0.2) is 0 Å². The Morgan fingerprint density at radius 1 is 1.00 bits per heavy atom. The molecule has 0 bridgehead atoms. The average Bonchev–Trinajstić information content (AvgIpc) is 2.20. The first-order chi connectivity index (χ1) is 7.12. The standard InChI is InChI=1S/C7H16O.C5H12OS.Li/c1-4-5-7(2)6-8-3;1-5(4-7)3-6-2;/h7H,4-6H2,1-3H3;5,7H,3-4H2,1-2H3;/q;;+1/p-1. The molecule has 0 aliphatic heterocycles. The van der Waals surface area contributed by atoms with E-state index in [9.17, 15) is 0 Å². The third-order valence-electron chi connectivity index (χ3n) is 1.97. The molecule has 0 spiro atoms. The first-order valence-electron chi connectivity index (χ1n) is 5.68. The second-order valence-corrected chi connectivity index (χ2v) is 4.41. The Hall–Kier alpha value is 0.867. The van der Waals surface area contributed by atoms with Gasteiger partial charge in [-0.2, -0.15) is 5.75 Å². The van der Waals surface area contributed by atoms with Gasteiger partial charge in [0.15, 0.2) is 0 Å². The zero-order chi connectivity index (χ0) is 12.1. The van der Waals surface area contributed by atoms with E-state index in [-0.39, 0.29) is 18.9 Å². The van der Waals surface area contributed by atoms with Gasteiger partial charge in [-0.1, -0.05) is 27.2 Å². The summed E-state index contributed by atoms with van der Waals surface area (Å²) < 4.78 is 9.78. The number of ether oxygens (including phenoxy) is 2. The van der Waals surface area contributed by atoms with Crippen LogP contribution in [0.5, 0.6) is 0 Å². The van der Waals surface area contributed by atoms with Crippen molar-refractivity contribution in [3.63, 3.8) is 0 Å². The molecule has 2 unspecified atom stereocenters. The number of hydrogen-bond donors (Lipinski definition) is 0. The number of methoxy groups -OCH3 is 2. The fourth-order valence-corrected chi connectivity index (χ4v) is 1.29. The summed E-state index contributed by atoms with van der Waals surface area (Å²) in [5, 5.41) is 0. The molecule has 2 atom stereocenters. The van der Waals surface area contributed by atoms with Gasteiger partial charge < -0.3 is 22.1 Å². The van der Waals surface area contributed by atoms with Crippen LogP contribution in [0.25, 0.3) is 0 Å². The molecule has 0 fully saturated rings. The van der Waals surface area contributed by atoms with E-state index in [0.717, 1.165) is 24.9 Å². The third kappa shape index (κ3) is 20.3. The molecule has 0 aliphatic rings. The van der Waals surface area contributed by atoms with Crippen molar-refractivity contribution in [1.82, 2.24) is 0 Å². The molecule has 0 aromatic carbocycles. The first kappa shape index (κ1) is 22.1. The van der Waals surface area contributed by atoms with Gasteiger partial charge >= 0.3 is 18.9 Å². The molecule has 0 radical (unpaired) electrons. The van der Waals surface area contributed by atoms with Crippen LogP contribution in [-0.2, 0) is 22.1 Å². The second kappa shape index (κ2) is 18.2. The van der Waals surface area contributed by atoms with Crippen LogP contribution in [0.2, 0.25) is 0 Å². The summed E-state index contributed by atoms with van der Waals surface area (Å²) in [6.07, 6.45) is 2.55. The van der Waals surface area contributed by atoms with E-state index < -0.39 is 0 Å². The van der Waals surface area contributed by atoms with E-state index in [1.807, 2.05) is 0 Å². The number of hydrogen-bond acceptors (Lipinski definition) is 3. The monoisotopic (exact) mass is 242 g/mol. The summed E-state index contributed by atoms with van der Waals surface area (Å²) in [5.74, 6) is 2.08. The summed E-state index contributed by atoms with van der Waals surface area (Å²) in [6.45, 7) is 8.20. The number of rotatable bonds is 7. The molecule has 0 saturated carbocycles. The van der Waals surface area contributed by atoms with Crippen LogP contribution in [0.15, 0.2) is 0 Å². The van der Waals surface area contributed by atoms with E-state index in [2.05, 4.69) is 20.8 Å². The van der Waals surface area contributed by atoms with Crippen LogP contribution in [0, 0.1) is 11.8 Å². The van der Waals surface area contributed by atoms with Gasteiger partial charge in [0.25, 0.3) is 0 Å². The maximum absolute atomic E-state index is 4.96. The summed E-state index contributed by atoms with van der Waals surface area (Å²) in [6, 6.07) is 0. The summed E-state index contributed by atoms with van der Waals surface area (Å²) in [7, 11) is 3.45. The van der Waals surface area contributed by atoms with Crippen molar-refractivity contribution in [1.29, 1.82) is 0 Å². The van der Waals surface area contributed by atoms with Crippen LogP contribution in [0.3, 0.4) is 0 Å². The molecule has 0 N–H and O–H groups in total. The molecule has 16 heavy (non-hydrogen) atoms. The summed E-state index contributed by atoms with van der Waals surface area (Å²) in [5.41, 5.74) is 0. The Kier molecular flexibility index (Phi) is 25.2. The maximum Gasteiger partial charge on any atom is 1.00 e. The molecule has 4 heteroatoms. The van der Waals surface area contributed by atoms with Gasteiger partial charge in [0, 0.05) is 27.4 Å². The summed E-state index contributed by atoms with van der Waals surface area (Å²) in [4.78, 5) is 0. The molecule has 0 saturated heterocycles. The quantitative estimate of drug-likeness (QED) is 0.458. The molecule has 0 aliphatic carbocycles. The van der Waals surface area contributed by atoms with Crippen molar-refractivity contribution in [3.05, 3.63) is 0 Å². The fraction of sp³-hybridized carbons (Fsp3) is 1.00. The Morgan fingerprint density at radius 3 is 1.69 bits per heavy atom. The van der Waals surface area contributed by atoms with Crippen LogP contribution in [0.4, 0.5) is 0 Å². The van der Waals surface area contributed by atoms with Crippen molar-refractivity contribution >= 4 is 12.6 Å². The molecule has 0 amide bonds. The topological polar surface area (TPSA) is 18.5 Å². The Labute approximate surface area is 119 Å². The first-order valence-corrected chi connectivity index (χ1v) is 6.25. The van der Waals surface area contributed by atoms with Crippen LogP contribution < -0.4 is 18.9 Å². The van der Waals surface area contributed by atoms with Crippen LogP contribution in [0.1, 0.15) is 33.6 Å². The second-order valence-electron chi connectivity index (χ2n) is 4.08. The van der Waals surface area contributed by atoms with Gasteiger partial charge in [-0.3, -0.25) is 0 Å². The molecule has 0 aromatic heterocycles. The Morgan fingerprint density at radius 2 is 1.44 bits per heavy atom. The molecule has 94 valence electrons. The Balaban J connectivity index is -0.000000200. The van der Waals surface area contributed by atoms with Gasteiger partial charge in [-0.15, -0.1) is 0 Å². The maximum atomic E-state index is 4.96. The molecule has 2 nitrogen and oxygen atoms in total. The van der Waals surface area contributed by atoms with E-state index in [1.165, 1.54) is 12.8 Å². The van der Waals surface area contributed by atoms with Crippen molar-refractivity contribution in [2.24, 2.45) is 11.8 Å². The van der Waals surface area contributed by atoms with Gasteiger partial charge in [0.2, 0.25) is 0 Å². The van der Waals surface area contributed by atoms with Crippen molar-refractivity contribution in [3.8, 4) is 0 Å². The minimum atomic E-state index is 0.